The van der Waals surface area contributed by atoms with Gasteiger partial charge >= 0.3 is 0 Å². The van der Waals surface area contributed by atoms with Gasteiger partial charge in [-0.05, 0) is 67.3 Å². The maximum absolute atomic E-state index is 12.8. The Morgan fingerprint density at radius 2 is 1.76 bits per heavy atom. The first-order chi connectivity index (χ1) is 14.3. The van der Waals surface area contributed by atoms with Gasteiger partial charge in [0.1, 0.15) is 0 Å². The number of anilines is 2. The van der Waals surface area contributed by atoms with Crippen LogP contribution in [0.4, 0.5) is 11.4 Å². The lowest BCUT2D eigenvalue weighted by molar-refractivity contribution is -0.110. The molecule has 5 rings (SSSR count). The molecule has 5 heteroatoms. The lowest BCUT2D eigenvalue weighted by Crippen LogP contribution is -2.36. The number of nitrogens with one attached hydrogen (secondary N) is 2. The number of hydrogen-bond donors (Lipinski definition) is 2. The SMILES string of the molecule is O=C1Nc2cccc(C3CCNCC3)c2/C1=C/c1ccc(N2CCOCC2)cc1. The summed E-state index contributed by atoms with van der Waals surface area (Å²) in [7, 11) is 0. The summed E-state index contributed by atoms with van der Waals surface area (Å²) >= 11 is 0. The number of piperidine rings is 1. The van der Waals surface area contributed by atoms with Gasteiger partial charge in [0.25, 0.3) is 5.91 Å². The average Bonchev–Trinajstić information content (AvgIpc) is 3.10. The Labute approximate surface area is 171 Å². The van der Waals surface area contributed by atoms with Gasteiger partial charge in [-0.25, -0.2) is 0 Å². The van der Waals surface area contributed by atoms with E-state index in [1.54, 1.807) is 0 Å². The average molecular weight is 389 g/mol. The summed E-state index contributed by atoms with van der Waals surface area (Å²) in [6.45, 7) is 5.49. The van der Waals surface area contributed by atoms with Crippen LogP contribution < -0.4 is 15.5 Å². The molecule has 150 valence electrons. The van der Waals surface area contributed by atoms with E-state index < -0.39 is 0 Å². The minimum atomic E-state index is -0.00126. The van der Waals surface area contributed by atoms with E-state index in [0.29, 0.717) is 5.92 Å². The van der Waals surface area contributed by atoms with Gasteiger partial charge in [-0.15, -0.1) is 0 Å². The zero-order valence-electron chi connectivity index (χ0n) is 16.6. The number of morpholine rings is 1. The van der Waals surface area contributed by atoms with Crippen molar-refractivity contribution in [3.63, 3.8) is 0 Å². The van der Waals surface area contributed by atoms with Crippen molar-refractivity contribution in [2.45, 2.75) is 18.8 Å². The van der Waals surface area contributed by atoms with Crippen LogP contribution in [-0.4, -0.2) is 45.3 Å². The number of benzene rings is 2. The van der Waals surface area contributed by atoms with Crippen LogP contribution in [0, 0.1) is 0 Å². The summed E-state index contributed by atoms with van der Waals surface area (Å²) in [6.07, 6.45) is 4.27. The second-order valence-electron chi connectivity index (χ2n) is 8.00. The molecule has 5 nitrogen and oxygen atoms in total. The van der Waals surface area contributed by atoms with Crippen molar-refractivity contribution >= 4 is 28.9 Å². The molecular formula is C24H27N3O2. The third-order valence-electron chi connectivity index (χ3n) is 6.22. The van der Waals surface area contributed by atoms with Gasteiger partial charge < -0.3 is 20.3 Å². The predicted molar refractivity (Wildman–Crippen MR) is 117 cm³/mol. The van der Waals surface area contributed by atoms with Gasteiger partial charge in [0, 0.05) is 35.6 Å². The topological polar surface area (TPSA) is 53.6 Å². The molecule has 0 saturated carbocycles. The molecule has 29 heavy (non-hydrogen) atoms. The highest BCUT2D eigenvalue weighted by atomic mass is 16.5. The molecule has 2 saturated heterocycles. The van der Waals surface area contributed by atoms with E-state index in [2.05, 4.69) is 51.9 Å². The molecule has 2 N–H and O–H groups in total. The minimum absolute atomic E-state index is 0.00126. The number of ether oxygens (including phenoxy) is 1. The van der Waals surface area contributed by atoms with Gasteiger partial charge in [0.15, 0.2) is 0 Å². The van der Waals surface area contributed by atoms with E-state index in [9.17, 15) is 4.79 Å². The number of carbonyl (C=O) groups excluding carboxylic acids is 1. The molecule has 0 aliphatic carbocycles. The molecule has 0 radical (unpaired) electrons. The molecule has 0 atom stereocenters. The highest BCUT2D eigenvalue weighted by Gasteiger charge is 2.30. The van der Waals surface area contributed by atoms with Crippen molar-refractivity contribution in [2.24, 2.45) is 0 Å². The van der Waals surface area contributed by atoms with E-state index in [1.807, 2.05) is 12.1 Å². The fourth-order valence-electron chi connectivity index (χ4n) is 4.66. The third-order valence-corrected chi connectivity index (χ3v) is 6.22. The Balaban J connectivity index is 1.46. The molecule has 2 fully saturated rings. The van der Waals surface area contributed by atoms with Crippen LogP contribution in [0.15, 0.2) is 42.5 Å². The lowest BCUT2D eigenvalue weighted by atomic mass is 9.85. The summed E-state index contributed by atoms with van der Waals surface area (Å²) < 4.78 is 5.44. The summed E-state index contributed by atoms with van der Waals surface area (Å²) in [6, 6.07) is 14.8. The van der Waals surface area contributed by atoms with Crippen LogP contribution in [0.2, 0.25) is 0 Å². The zero-order chi connectivity index (χ0) is 19.6. The molecule has 1 amide bonds. The smallest absolute Gasteiger partial charge is 0.256 e. The van der Waals surface area contributed by atoms with E-state index >= 15 is 0 Å². The molecule has 0 bridgehead atoms. The standard InChI is InChI=1S/C24H27N3O2/c28-24-21(16-17-4-6-19(7-5-17)27-12-14-29-15-13-27)23-20(2-1-3-22(23)26-24)18-8-10-25-11-9-18/h1-7,16,18,25H,8-15H2,(H,26,28)/b21-16-. The van der Waals surface area contributed by atoms with Crippen LogP contribution in [0.1, 0.15) is 35.4 Å². The molecule has 0 unspecified atom stereocenters. The van der Waals surface area contributed by atoms with Crippen LogP contribution in [0.5, 0.6) is 0 Å². The first-order valence-electron chi connectivity index (χ1n) is 10.6. The minimum Gasteiger partial charge on any atom is -0.378 e. The first kappa shape index (κ1) is 18.4. The third kappa shape index (κ3) is 3.68. The monoisotopic (exact) mass is 389 g/mol. The number of fused-ring (bicyclic) bond motifs is 1. The summed E-state index contributed by atoms with van der Waals surface area (Å²) in [5.41, 5.74) is 6.40. The molecule has 3 aliphatic rings. The van der Waals surface area contributed by atoms with Crippen LogP contribution >= 0.6 is 0 Å². The largest absolute Gasteiger partial charge is 0.378 e. The fraction of sp³-hybridized carbons (Fsp3) is 0.375. The quantitative estimate of drug-likeness (QED) is 0.789. The van der Waals surface area contributed by atoms with E-state index in [4.69, 9.17) is 4.74 Å². The Hall–Kier alpha value is -2.63. The van der Waals surface area contributed by atoms with E-state index in [1.165, 1.54) is 11.3 Å². The highest BCUT2D eigenvalue weighted by molar-refractivity contribution is 6.35. The number of carbonyl (C=O) groups is 1. The van der Waals surface area contributed by atoms with Gasteiger partial charge in [0.2, 0.25) is 0 Å². The van der Waals surface area contributed by atoms with Crippen molar-refractivity contribution in [3.05, 3.63) is 59.2 Å². The Morgan fingerprint density at radius 3 is 2.52 bits per heavy atom. The van der Waals surface area contributed by atoms with Crippen molar-refractivity contribution in [3.8, 4) is 0 Å². The maximum atomic E-state index is 12.8. The highest BCUT2D eigenvalue weighted by Crippen LogP contribution is 2.41. The molecule has 3 heterocycles. The summed E-state index contributed by atoms with van der Waals surface area (Å²) in [5, 5.41) is 6.50. The Kier molecular flexibility index (Phi) is 5.08. The predicted octanol–water partition coefficient (Wildman–Crippen LogP) is 3.48. The second-order valence-corrected chi connectivity index (χ2v) is 8.00. The normalized spacial score (nSPS) is 21.3. The number of hydrogen-bond acceptors (Lipinski definition) is 4. The molecular weight excluding hydrogens is 362 g/mol. The molecule has 0 spiro atoms. The zero-order valence-corrected chi connectivity index (χ0v) is 16.6. The van der Waals surface area contributed by atoms with Gasteiger partial charge in [-0.2, -0.15) is 0 Å². The van der Waals surface area contributed by atoms with Crippen LogP contribution in [-0.2, 0) is 9.53 Å². The van der Waals surface area contributed by atoms with E-state index in [-0.39, 0.29) is 5.91 Å². The fourth-order valence-corrected chi connectivity index (χ4v) is 4.66. The van der Waals surface area contributed by atoms with Gasteiger partial charge in [-0.3, -0.25) is 4.79 Å². The molecule has 0 aromatic heterocycles. The summed E-state index contributed by atoms with van der Waals surface area (Å²) in [5.74, 6) is 0.504. The first-order valence-corrected chi connectivity index (χ1v) is 10.6. The lowest BCUT2D eigenvalue weighted by Gasteiger charge is -2.28. The molecule has 3 aliphatic heterocycles. The second kappa shape index (κ2) is 8.01. The molecule has 2 aromatic carbocycles. The number of amides is 1. The van der Waals surface area contributed by atoms with E-state index in [0.717, 1.165) is 74.6 Å². The number of nitrogens with zero attached hydrogens (tertiary/aromatic N) is 1. The summed E-state index contributed by atoms with van der Waals surface area (Å²) in [4.78, 5) is 15.1. The van der Waals surface area contributed by atoms with Crippen molar-refractivity contribution in [2.75, 3.05) is 49.6 Å². The van der Waals surface area contributed by atoms with Crippen molar-refractivity contribution in [1.29, 1.82) is 0 Å². The van der Waals surface area contributed by atoms with Crippen LogP contribution in [0.3, 0.4) is 0 Å². The van der Waals surface area contributed by atoms with Crippen LogP contribution in [0.25, 0.3) is 11.6 Å². The Bertz CT molecular complexity index is 924. The van der Waals surface area contributed by atoms with Gasteiger partial charge in [-0.1, -0.05) is 24.3 Å². The van der Waals surface area contributed by atoms with Crippen molar-refractivity contribution < 1.29 is 9.53 Å². The maximum Gasteiger partial charge on any atom is 0.256 e. The van der Waals surface area contributed by atoms with Gasteiger partial charge in [0.05, 0.1) is 13.2 Å². The molecule has 2 aromatic rings. The van der Waals surface area contributed by atoms with Crippen molar-refractivity contribution in [1.82, 2.24) is 5.32 Å². The Morgan fingerprint density at radius 1 is 1.00 bits per heavy atom. The number of rotatable bonds is 3.